The Hall–Kier alpha value is -1.15. The zero-order valence-electron chi connectivity index (χ0n) is 12.3. The maximum Gasteiger partial charge on any atom is 0.240 e. The van der Waals surface area contributed by atoms with Crippen LogP contribution < -0.4 is 15.4 Å². The SMILES string of the molecule is CNCCC(=O)NC(C)c1ccc(S(=O)(=O)NC)cc1.Cl. The molecule has 0 heterocycles. The second-order valence-electron chi connectivity index (χ2n) is 4.42. The van der Waals surface area contributed by atoms with Crippen LogP contribution in [-0.2, 0) is 14.8 Å². The summed E-state index contributed by atoms with van der Waals surface area (Å²) in [5.41, 5.74) is 0.859. The third-order valence-corrected chi connectivity index (χ3v) is 4.37. The van der Waals surface area contributed by atoms with E-state index in [1.165, 1.54) is 19.2 Å². The Morgan fingerprint density at radius 3 is 2.24 bits per heavy atom. The van der Waals surface area contributed by atoms with E-state index in [0.717, 1.165) is 5.56 Å². The zero-order valence-corrected chi connectivity index (χ0v) is 14.0. The van der Waals surface area contributed by atoms with Crippen LogP contribution in [0.25, 0.3) is 0 Å². The minimum absolute atomic E-state index is 0. The molecule has 3 N–H and O–H groups in total. The Morgan fingerprint density at radius 2 is 1.76 bits per heavy atom. The lowest BCUT2D eigenvalue weighted by atomic mass is 10.1. The molecule has 120 valence electrons. The molecule has 0 saturated heterocycles. The predicted octanol–water partition coefficient (Wildman–Crippen LogP) is 0.803. The van der Waals surface area contributed by atoms with Gasteiger partial charge in [-0.3, -0.25) is 4.79 Å². The Labute approximate surface area is 132 Å². The molecule has 1 amide bonds. The third-order valence-electron chi connectivity index (χ3n) is 2.94. The molecule has 0 aliphatic heterocycles. The molecule has 8 heteroatoms. The Morgan fingerprint density at radius 1 is 1.19 bits per heavy atom. The van der Waals surface area contributed by atoms with Gasteiger partial charge in [0.25, 0.3) is 0 Å². The first-order chi connectivity index (χ1) is 9.40. The number of amides is 1. The van der Waals surface area contributed by atoms with Gasteiger partial charge in [0, 0.05) is 13.0 Å². The van der Waals surface area contributed by atoms with Gasteiger partial charge in [-0.05, 0) is 38.7 Å². The summed E-state index contributed by atoms with van der Waals surface area (Å²) in [6.45, 7) is 2.48. The van der Waals surface area contributed by atoms with Crippen LogP contribution in [0.5, 0.6) is 0 Å². The van der Waals surface area contributed by atoms with E-state index in [2.05, 4.69) is 15.4 Å². The molecule has 0 radical (unpaired) electrons. The molecule has 0 spiro atoms. The van der Waals surface area contributed by atoms with Crippen molar-refractivity contribution in [3.8, 4) is 0 Å². The molecule has 0 aliphatic carbocycles. The van der Waals surface area contributed by atoms with Crippen molar-refractivity contribution in [1.29, 1.82) is 0 Å². The Kier molecular flexibility index (Phi) is 8.50. The van der Waals surface area contributed by atoms with Crippen LogP contribution in [0.15, 0.2) is 29.2 Å². The average molecular weight is 336 g/mol. The normalized spacial score (nSPS) is 12.3. The summed E-state index contributed by atoms with van der Waals surface area (Å²) < 4.78 is 25.4. The molecule has 0 aromatic heterocycles. The molecule has 0 aliphatic rings. The van der Waals surface area contributed by atoms with Crippen molar-refractivity contribution < 1.29 is 13.2 Å². The molecule has 1 rings (SSSR count). The minimum atomic E-state index is -3.42. The fraction of sp³-hybridized carbons (Fsp3) is 0.462. The van der Waals surface area contributed by atoms with E-state index in [0.29, 0.717) is 13.0 Å². The van der Waals surface area contributed by atoms with Crippen molar-refractivity contribution >= 4 is 28.3 Å². The molecule has 6 nitrogen and oxygen atoms in total. The topological polar surface area (TPSA) is 87.3 Å². The molecule has 21 heavy (non-hydrogen) atoms. The molecule has 1 atom stereocenters. The molecule has 1 aromatic carbocycles. The van der Waals surface area contributed by atoms with Gasteiger partial charge in [0.1, 0.15) is 0 Å². The van der Waals surface area contributed by atoms with E-state index in [1.807, 2.05) is 6.92 Å². The lowest BCUT2D eigenvalue weighted by Gasteiger charge is -2.15. The molecule has 0 bridgehead atoms. The summed E-state index contributed by atoms with van der Waals surface area (Å²) in [7, 11) is -0.263. The molecular weight excluding hydrogens is 314 g/mol. The number of carbonyl (C=O) groups is 1. The second-order valence-corrected chi connectivity index (χ2v) is 6.31. The van der Waals surface area contributed by atoms with E-state index in [9.17, 15) is 13.2 Å². The van der Waals surface area contributed by atoms with Gasteiger partial charge in [-0.25, -0.2) is 13.1 Å². The lowest BCUT2D eigenvalue weighted by molar-refractivity contribution is -0.121. The highest BCUT2D eigenvalue weighted by Gasteiger charge is 2.13. The van der Waals surface area contributed by atoms with Gasteiger partial charge in [-0.15, -0.1) is 12.4 Å². The van der Waals surface area contributed by atoms with Gasteiger partial charge in [0.2, 0.25) is 15.9 Å². The number of hydrogen-bond acceptors (Lipinski definition) is 4. The number of rotatable bonds is 7. The first kappa shape index (κ1) is 19.9. The van der Waals surface area contributed by atoms with E-state index >= 15 is 0 Å². The largest absolute Gasteiger partial charge is 0.350 e. The van der Waals surface area contributed by atoms with Crippen LogP contribution in [0.2, 0.25) is 0 Å². The van der Waals surface area contributed by atoms with Crippen molar-refractivity contribution in [3.05, 3.63) is 29.8 Å². The van der Waals surface area contributed by atoms with Crippen molar-refractivity contribution in [2.45, 2.75) is 24.3 Å². The van der Waals surface area contributed by atoms with Gasteiger partial charge in [-0.1, -0.05) is 12.1 Å². The van der Waals surface area contributed by atoms with Crippen LogP contribution in [0.3, 0.4) is 0 Å². The second kappa shape index (κ2) is 8.99. The van der Waals surface area contributed by atoms with E-state index < -0.39 is 10.0 Å². The Balaban J connectivity index is 0.00000400. The van der Waals surface area contributed by atoms with Crippen molar-refractivity contribution in [3.63, 3.8) is 0 Å². The summed E-state index contributed by atoms with van der Waals surface area (Å²) in [5.74, 6) is -0.0428. The van der Waals surface area contributed by atoms with Crippen LogP contribution in [0.4, 0.5) is 0 Å². The minimum Gasteiger partial charge on any atom is -0.350 e. The quantitative estimate of drug-likeness (QED) is 0.688. The van der Waals surface area contributed by atoms with Crippen molar-refractivity contribution in [2.24, 2.45) is 0 Å². The van der Waals surface area contributed by atoms with Gasteiger partial charge in [0.15, 0.2) is 0 Å². The van der Waals surface area contributed by atoms with Crippen molar-refractivity contribution in [2.75, 3.05) is 20.6 Å². The summed E-state index contributed by atoms with van der Waals surface area (Å²) in [6.07, 6.45) is 0.410. The van der Waals surface area contributed by atoms with Crippen molar-refractivity contribution in [1.82, 2.24) is 15.4 Å². The Bertz CT molecular complexity index is 546. The van der Waals surface area contributed by atoms with E-state index in [4.69, 9.17) is 0 Å². The van der Waals surface area contributed by atoms with Crippen LogP contribution >= 0.6 is 12.4 Å². The first-order valence-corrected chi connectivity index (χ1v) is 7.86. The molecule has 1 aromatic rings. The number of halogens is 1. The standard InChI is InChI=1S/C13H21N3O3S.ClH/c1-10(16-13(17)8-9-14-2)11-4-6-12(7-5-11)20(18,19)15-3;/h4-7,10,14-15H,8-9H2,1-3H3,(H,16,17);1H. The smallest absolute Gasteiger partial charge is 0.240 e. The average Bonchev–Trinajstić information content (AvgIpc) is 2.45. The highest BCUT2D eigenvalue weighted by molar-refractivity contribution is 7.89. The number of hydrogen-bond donors (Lipinski definition) is 3. The number of benzene rings is 1. The van der Waals surface area contributed by atoms with Crippen LogP contribution in [0, 0.1) is 0 Å². The summed E-state index contributed by atoms with van der Waals surface area (Å²) in [6, 6.07) is 6.29. The van der Waals surface area contributed by atoms with Crippen LogP contribution in [-0.4, -0.2) is 35.0 Å². The fourth-order valence-corrected chi connectivity index (χ4v) is 2.42. The van der Waals surface area contributed by atoms with Gasteiger partial charge in [-0.2, -0.15) is 0 Å². The number of sulfonamides is 1. The van der Waals surface area contributed by atoms with Gasteiger partial charge >= 0.3 is 0 Å². The molecular formula is C13H22ClN3O3S. The zero-order chi connectivity index (χ0) is 15.2. The van der Waals surface area contributed by atoms with Gasteiger partial charge in [0.05, 0.1) is 10.9 Å². The highest BCUT2D eigenvalue weighted by atomic mass is 35.5. The predicted molar refractivity (Wildman–Crippen MR) is 85.0 cm³/mol. The number of carbonyl (C=O) groups excluding carboxylic acids is 1. The fourth-order valence-electron chi connectivity index (χ4n) is 1.69. The maximum atomic E-state index is 11.6. The summed E-state index contributed by atoms with van der Waals surface area (Å²) in [4.78, 5) is 11.8. The monoisotopic (exact) mass is 335 g/mol. The maximum absolute atomic E-state index is 11.6. The third kappa shape index (κ3) is 6.01. The number of nitrogens with one attached hydrogen (secondary N) is 3. The summed E-state index contributed by atoms with van der Waals surface area (Å²) >= 11 is 0. The lowest BCUT2D eigenvalue weighted by Crippen LogP contribution is -2.29. The molecule has 0 saturated carbocycles. The summed E-state index contributed by atoms with van der Waals surface area (Å²) in [5, 5.41) is 5.77. The highest BCUT2D eigenvalue weighted by Crippen LogP contribution is 2.16. The molecule has 1 unspecified atom stereocenters. The van der Waals surface area contributed by atoms with Gasteiger partial charge < -0.3 is 10.6 Å². The van der Waals surface area contributed by atoms with E-state index in [1.54, 1.807) is 19.2 Å². The van der Waals surface area contributed by atoms with Crippen LogP contribution in [0.1, 0.15) is 24.9 Å². The first-order valence-electron chi connectivity index (χ1n) is 6.38. The molecule has 0 fully saturated rings. The van der Waals surface area contributed by atoms with E-state index in [-0.39, 0.29) is 29.3 Å².